The molecule has 1 amide bonds. The van der Waals surface area contributed by atoms with Gasteiger partial charge in [-0.05, 0) is 36.5 Å². The monoisotopic (exact) mass is 295 g/mol. The smallest absolute Gasteiger partial charge is 0.253 e. The lowest BCUT2D eigenvalue weighted by atomic mass is 9.91. The number of halogens is 1. The number of carbonyl (C=O) groups is 1. The largest absolute Gasteiger partial charge is 0.338 e. The maximum atomic E-state index is 12.3. The predicted octanol–water partition coefficient (Wildman–Crippen LogP) is 3.57. The third-order valence-electron chi connectivity index (χ3n) is 3.23. The highest BCUT2D eigenvalue weighted by atomic mass is 79.9. The average Bonchev–Trinajstić information content (AvgIpc) is 2.26. The highest BCUT2D eigenvalue weighted by Gasteiger charge is 2.25. The van der Waals surface area contributed by atoms with Gasteiger partial charge < -0.3 is 4.90 Å². The third-order valence-corrected chi connectivity index (χ3v) is 3.72. The standard InChI is InChI=1S/C14H18BrNO/c1-10-6-11(2)9-16(8-10)14(17)12-4-3-5-13(15)7-12/h3-5,7,10-11H,6,8-9H2,1-2H3. The van der Waals surface area contributed by atoms with Gasteiger partial charge in [-0.15, -0.1) is 0 Å². The van der Waals surface area contributed by atoms with Gasteiger partial charge in [0.1, 0.15) is 0 Å². The van der Waals surface area contributed by atoms with Crippen molar-refractivity contribution in [2.45, 2.75) is 20.3 Å². The van der Waals surface area contributed by atoms with Gasteiger partial charge in [-0.1, -0.05) is 35.8 Å². The Labute approximate surface area is 111 Å². The SMILES string of the molecule is CC1CC(C)CN(C(=O)c2cccc(Br)c2)C1. The molecule has 0 aliphatic carbocycles. The zero-order valence-corrected chi connectivity index (χ0v) is 11.9. The van der Waals surface area contributed by atoms with Crippen LogP contribution in [0.5, 0.6) is 0 Å². The molecule has 0 radical (unpaired) electrons. The molecule has 2 atom stereocenters. The Hall–Kier alpha value is -0.830. The van der Waals surface area contributed by atoms with E-state index in [4.69, 9.17) is 0 Å². The molecule has 1 aliphatic heterocycles. The van der Waals surface area contributed by atoms with Crippen molar-refractivity contribution in [3.63, 3.8) is 0 Å². The van der Waals surface area contributed by atoms with Gasteiger partial charge >= 0.3 is 0 Å². The van der Waals surface area contributed by atoms with Crippen molar-refractivity contribution in [1.29, 1.82) is 0 Å². The Morgan fingerprint density at radius 1 is 1.29 bits per heavy atom. The van der Waals surface area contributed by atoms with Crippen molar-refractivity contribution in [3.05, 3.63) is 34.3 Å². The minimum atomic E-state index is 0.157. The summed E-state index contributed by atoms with van der Waals surface area (Å²) in [6.45, 7) is 6.21. The van der Waals surface area contributed by atoms with E-state index in [9.17, 15) is 4.79 Å². The number of rotatable bonds is 1. The second-order valence-corrected chi connectivity index (χ2v) is 6.08. The van der Waals surface area contributed by atoms with Crippen molar-refractivity contribution in [2.75, 3.05) is 13.1 Å². The molecule has 0 N–H and O–H groups in total. The van der Waals surface area contributed by atoms with Crippen LogP contribution in [0.4, 0.5) is 0 Å². The molecule has 0 spiro atoms. The molecular formula is C14H18BrNO. The molecule has 1 saturated heterocycles. The number of carbonyl (C=O) groups excluding carboxylic acids is 1. The van der Waals surface area contributed by atoms with Gasteiger partial charge in [-0.25, -0.2) is 0 Å². The maximum absolute atomic E-state index is 12.3. The van der Waals surface area contributed by atoms with E-state index in [2.05, 4.69) is 29.8 Å². The molecule has 0 bridgehead atoms. The number of likely N-dealkylation sites (tertiary alicyclic amines) is 1. The first-order valence-corrected chi connectivity index (χ1v) is 6.90. The summed E-state index contributed by atoms with van der Waals surface area (Å²) in [6, 6.07) is 7.63. The Morgan fingerprint density at radius 2 is 1.94 bits per heavy atom. The van der Waals surface area contributed by atoms with Crippen LogP contribution in [0, 0.1) is 11.8 Å². The lowest BCUT2D eigenvalue weighted by Gasteiger charge is -2.35. The summed E-state index contributed by atoms with van der Waals surface area (Å²) in [7, 11) is 0. The minimum absolute atomic E-state index is 0.157. The quantitative estimate of drug-likeness (QED) is 0.776. The molecule has 1 heterocycles. The summed E-state index contributed by atoms with van der Waals surface area (Å²) in [5.41, 5.74) is 0.778. The van der Waals surface area contributed by atoms with Gasteiger partial charge in [-0.3, -0.25) is 4.79 Å². The number of hydrogen-bond acceptors (Lipinski definition) is 1. The number of benzene rings is 1. The van der Waals surface area contributed by atoms with Crippen LogP contribution >= 0.6 is 15.9 Å². The topological polar surface area (TPSA) is 20.3 Å². The molecule has 0 aromatic heterocycles. The normalized spacial score (nSPS) is 24.8. The van der Waals surface area contributed by atoms with E-state index in [1.165, 1.54) is 6.42 Å². The van der Waals surface area contributed by atoms with Gasteiger partial charge in [0, 0.05) is 23.1 Å². The fourth-order valence-corrected chi connectivity index (χ4v) is 3.03. The Morgan fingerprint density at radius 3 is 2.53 bits per heavy atom. The van der Waals surface area contributed by atoms with Gasteiger partial charge in [0.05, 0.1) is 0 Å². The van der Waals surface area contributed by atoms with Crippen molar-refractivity contribution in [2.24, 2.45) is 11.8 Å². The second-order valence-electron chi connectivity index (χ2n) is 5.17. The lowest BCUT2D eigenvalue weighted by molar-refractivity contribution is 0.0623. The highest BCUT2D eigenvalue weighted by Crippen LogP contribution is 2.23. The van der Waals surface area contributed by atoms with E-state index in [0.29, 0.717) is 11.8 Å². The molecule has 1 aromatic rings. The third kappa shape index (κ3) is 3.09. The summed E-state index contributed by atoms with van der Waals surface area (Å²) in [5.74, 6) is 1.37. The second kappa shape index (κ2) is 5.21. The van der Waals surface area contributed by atoms with Crippen LogP contribution in [0.3, 0.4) is 0 Å². The van der Waals surface area contributed by atoms with E-state index < -0.39 is 0 Å². The fraction of sp³-hybridized carbons (Fsp3) is 0.500. The van der Waals surface area contributed by atoms with Crippen LogP contribution in [-0.4, -0.2) is 23.9 Å². The molecular weight excluding hydrogens is 278 g/mol. The number of piperidine rings is 1. The van der Waals surface area contributed by atoms with E-state index in [1.807, 2.05) is 29.2 Å². The molecule has 1 aliphatic rings. The summed E-state index contributed by atoms with van der Waals surface area (Å²) in [6.07, 6.45) is 1.22. The zero-order valence-electron chi connectivity index (χ0n) is 10.3. The van der Waals surface area contributed by atoms with Crippen LogP contribution in [0.15, 0.2) is 28.7 Å². The van der Waals surface area contributed by atoms with Crippen molar-refractivity contribution < 1.29 is 4.79 Å². The maximum Gasteiger partial charge on any atom is 0.253 e. The molecule has 0 saturated carbocycles. The summed E-state index contributed by atoms with van der Waals surface area (Å²) < 4.78 is 0.960. The molecule has 1 fully saturated rings. The first-order valence-electron chi connectivity index (χ1n) is 6.11. The lowest BCUT2D eigenvalue weighted by Crippen LogP contribution is -2.42. The van der Waals surface area contributed by atoms with Crippen LogP contribution in [0.25, 0.3) is 0 Å². The van der Waals surface area contributed by atoms with E-state index in [1.54, 1.807) is 0 Å². The molecule has 1 aromatic carbocycles. The van der Waals surface area contributed by atoms with Crippen molar-refractivity contribution in [3.8, 4) is 0 Å². The van der Waals surface area contributed by atoms with E-state index in [-0.39, 0.29) is 5.91 Å². The van der Waals surface area contributed by atoms with E-state index in [0.717, 1.165) is 23.1 Å². The first-order chi connectivity index (χ1) is 8.06. The predicted molar refractivity (Wildman–Crippen MR) is 73.0 cm³/mol. The zero-order chi connectivity index (χ0) is 12.4. The van der Waals surface area contributed by atoms with Gasteiger partial charge in [-0.2, -0.15) is 0 Å². The van der Waals surface area contributed by atoms with Crippen LogP contribution < -0.4 is 0 Å². The molecule has 2 rings (SSSR count). The number of amides is 1. The molecule has 2 unspecified atom stereocenters. The Kier molecular flexibility index (Phi) is 3.87. The van der Waals surface area contributed by atoms with Gasteiger partial charge in [0.2, 0.25) is 0 Å². The summed E-state index contributed by atoms with van der Waals surface area (Å²) in [5, 5.41) is 0. The minimum Gasteiger partial charge on any atom is -0.338 e. The molecule has 17 heavy (non-hydrogen) atoms. The van der Waals surface area contributed by atoms with E-state index >= 15 is 0 Å². The molecule has 92 valence electrons. The van der Waals surface area contributed by atoms with Gasteiger partial charge in [0.15, 0.2) is 0 Å². The van der Waals surface area contributed by atoms with Crippen molar-refractivity contribution >= 4 is 21.8 Å². The van der Waals surface area contributed by atoms with Crippen LogP contribution in [0.1, 0.15) is 30.6 Å². The summed E-state index contributed by atoms with van der Waals surface area (Å²) in [4.78, 5) is 14.3. The summed E-state index contributed by atoms with van der Waals surface area (Å²) >= 11 is 3.41. The van der Waals surface area contributed by atoms with Crippen molar-refractivity contribution in [1.82, 2.24) is 4.90 Å². The highest BCUT2D eigenvalue weighted by molar-refractivity contribution is 9.10. The fourth-order valence-electron chi connectivity index (χ4n) is 2.63. The Bertz CT molecular complexity index is 408. The first kappa shape index (κ1) is 12.6. The van der Waals surface area contributed by atoms with Crippen LogP contribution in [-0.2, 0) is 0 Å². The number of nitrogens with zero attached hydrogens (tertiary/aromatic N) is 1. The van der Waals surface area contributed by atoms with Crippen LogP contribution in [0.2, 0.25) is 0 Å². The van der Waals surface area contributed by atoms with Gasteiger partial charge in [0.25, 0.3) is 5.91 Å². The Balaban J connectivity index is 2.14. The number of hydrogen-bond donors (Lipinski definition) is 0. The molecule has 3 heteroatoms. The average molecular weight is 296 g/mol. The molecule has 2 nitrogen and oxygen atoms in total.